The Labute approximate surface area is 122 Å². The van der Waals surface area contributed by atoms with E-state index < -0.39 is 10.0 Å². The molecule has 0 amide bonds. The molecule has 2 aromatic rings. The molecule has 0 saturated heterocycles. The molecule has 8 heteroatoms. The molecule has 0 bridgehead atoms. The molecule has 1 fully saturated rings. The fourth-order valence-electron chi connectivity index (χ4n) is 1.99. The van der Waals surface area contributed by atoms with E-state index in [2.05, 4.69) is 19.7 Å². The van der Waals surface area contributed by atoms with Gasteiger partial charge >= 0.3 is 0 Å². The molecule has 0 aliphatic heterocycles. The number of rotatable bonds is 7. The Hall–Kier alpha value is -1.64. The molecule has 0 aromatic carbocycles. The first kappa shape index (κ1) is 14.3. The number of hydrogen-bond donors (Lipinski definition) is 2. The lowest BCUT2D eigenvalue weighted by Gasteiger charge is -2.02. The highest BCUT2D eigenvalue weighted by Gasteiger charge is 2.24. The second-order valence-corrected chi connectivity index (χ2v) is 6.84. The molecule has 7 nitrogen and oxygen atoms in total. The minimum atomic E-state index is -3.62. The van der Waals surface area contributed by atoms with Crippen molar-refractivity contribution in [3.63, 3.8) is 0 Å². The summed E-state index contributed by atoms with van der Waals surface area (Å²) in [7, 11) is -3.62. The molecule has 0 spiro atoms. The van der Waals surface area contributed by atoms with Crippen molar-refractivity contribution in [2.75, 3.05) is 0 Å². The van der Waals surface area contributed by atoms with Crippen LogP contribution >= 0.6 is 0 Å². The third kappa shape index (κ3) is 3.52. The molecule has 0 unspecified atom stereocenters. The zero-order chi connectivity index (χ0) is 14.9. The van der Waals surface area contributed by atoms with Crippen molar-refractivity contribution >= 4 is 10.0 Å². The quantitative estimate of drug-likeness (QED) is 0.800. The van der Waals surface area contributed by atoms with Gasteiger partial charge in [0.25, 0.3) is 0 Å². The van der Waals surface area contributed by atoms with Crippen LogP contribution in [0.15, 0.2) is 32.2 Å². The molecule has 1 aliphatic carbocycles. The highest BCUT2D eigenvalue weighted by atomic mass is 32.2. The van der Waals surface area contributed by atoms with Gasteiger partial charge in [0, 0.05) is 18.2 Å². The molecule has 21 heavy (non-hydrogen) atoms. The second-order valence-electron chi connectivity index (χ2n) is 5.10. The minimum Gasteiger partial charge on any atom is -0.464 e. The summed E-state index contributed by atoms with van der Waals surface area (Å²) in [4.78, 5) is 0.165. The summed E-state index contributed by atoms with van der Waals surface area (Å²) in [6.07, 6.45) is 3.74. The molecule has 3 rings (SSSR count). The Morgan fingerprint density at radius 2 is 2.19 bits per heavy atom. The van der Waals surface area contributed by atoms with E-state index in [1.54, 1.807) is 19.1 Å². The lowest BCUT2D eigenvalue weighted by molar-refractivity contribution is 0.411. The largest absolute Gasteiger partial charge is 0.464 e. The maximum Gasteiger partial charge on any atom is 0.244 e. The van der Waals surface area contributed by atoms with E-state index in [1.807, 2.05) is 0 Å². The fraction of sp³-hybridized carbons (Fsp3) is 0.462. The SMILES string of the molecule is Cc1oc(CNC2CC2)cc1S(=O)(=O)NCc1ccon1. The Balaban J connectivity index is 1.68. The van der Waals surface area contributed by atoms with Crippen molar-refractivity contribution in [2.24, 2.45) is 0 Å². The van der Waals surface area contributed by atoms with Crippen LogP contribution in [0.4, 0.5) is 0 Å². The molecular weight excluding hydrogens is 294 g/mol. The zero-order valence-corrected chi connectivity index (χ0v) is 12.4. The monoisotopic (exact) mass is 311 g/mol. The van der Waals surface area contributed by atoms with Gasteiger partial charge in [-0.1, -0.05) is 5.16 Å². The summed E-state index contributed by atoms with van der Waals surface area (Å²) in [5, 5.41) is 6.95. The fourth-order valence-corrected chi connectivity index (χ4v) is 3.19. The molecule has 2 heterocycles. The Morgan fingerprint density at radius 3 is 2.86 bits per heavy atom. The number of sulfonamides is 1. The van der Waals surface area contributed by atoms with Gasteiger partial charge in [-0.25, -0.2) is 13.1 Å². The summed E-state index contributed by atoms with van der Waals surface area (Å²) >= 11 is 0. The van der Waals surface area contributed by atoms with Gasteiger partial charge in [-0.2, -0.15) is 0 Å². The zero-order valence-electron chi connectivity index (χ0n) is 11.6. The first-order valence-corrected chi connectivity index (χ1v) is 8.24. The van der Waals surface area contributed by atoms with E-state index >= 15 is 0 Å². The van der Waals surface area contributed by atoms with Crippen molar-refractivity contribution in [2.45, 2.75) is 43.8 Å². The first-order chi connectivity index (χ1) is 10.0. The average molecular weight is 311 g/mol. The van der Waals surface area contributed by atoms with Crippen molar-refractivity contribution in [3.8, 4) is 0 Å². The van der Waals surface area contributed by atoms with E-state index in [4.69, 9.17) is 4.42 Å². The number of aryl methyl sites for hydroxylation is 1. The van der Waals surface area contributed by atoms with Crippen molar-refractivity contribution in [1.82, 2.24) is 15.2 Å². The summed E-state index contributed by atoms with van der Waals surface area (Å²) in [5.41, 5.74) is 0.523. The lowest BCUT2D eigenvalue weighted by Crippen LogP contribution is -2.23. The summed E-state index contributed by atoms with van der Waals surface area (Å²) in [5.74, 6) is 1.01. The molecular formula is C13H17N3O4S. The van der Waals surface area contributed by atoms with Crippen LogP contribution in [0.3, 0.4) is 0 Å². The van der Waals surface area contributed by atoms with Gasteiger partial charge in [-0.3, -0.25) is 0 Å². The van der Waals surface area contributed by atoms with Crippen molar-refractivity contribution in [3.05, 3.63) is 35.6 Å². The van der Waals surface area contributed by atoms with Crippen LogP contribution < -0.4 is 10.0 Å². The van der Waals surface area contributed by atoms with E-state index in [-0.39, 0.29) is 11.4 Å². The molecule has 1 aliphatic rings. The van der Waals surface area contributed by atoms with Crippen molar-refractivity contribution < 1.29 is 17.4 Å². The lowest BCUT2D eigenvalue weighted by atomic mass is 10.4. The van der Waals surface area contributed by atoms with Gasteiger partial charge < -0.3 is 14.3 Å². The third-order valence-corrected chi connectivity index (χ3v) is 4.80. The van der Waals surface area contributed by atoms with E-state index in [1.165, 1.54) is 19.1 Å². The van der Waals surface area contributed by atoms with E-state index in [9.17, 15) is 8.42 Å². The van der Waals surface area contributed by atoms with Crippen LogP contribution in [0, 0.1) is 6.92 Å². The smallest absolute Gasteiger partial charge is 0.244 e. The highest BCUT2D eigenvalue weighted by molar-refractivity contribution is 7.89. The van der Waals surface area contributed by atoms with Crippen LogP contribution in [-0.2, 0) is 23.1 Å². The second kappa shape index (κ2) is 5.63. The van der Waals surface area contributed by atoms with Crippen LogP contribution in [-0.4, -0.2) is 19.6 Å². The number of hydrogen-bond acceptors (Lipinski definition) is 6. The third-order valence-electron chi connectivity index (χ3n) is 3.29. The Kier molecular flexibility index (Phi) is 3.83. The van der Waals surface area contributed by atoms with Gasteiger partial charge in [-0.05, 0) is 19.8 Å². The normalized spacial score (nSPS) is 15.5. The number of nitrogens with one attached hydrogen (secondary N) is 2. The molecule has 114 valence electrons. The number of nitrogens with zero attached hydrogens (tertiary/aromatic N) is 1. The molecule has 1 saturated carbocycles. The topological polar surface area (TPSA) is 97.4 Å². The number of furan rings is 1. The summed E-state index contributed by atoms with van der Waals surface area (Å²) in [6, 6.07) is 3.71. The van der Waals surface area contributed by atoms with Gasteiger partial charge in [0.15, 0.2) is 0 Å². The molecule has 0 radical (unpaired) electrons. The maximum absolute atomic E-state index is 12.3. The van der Waals surface area contributed by atoms with Crippen LogP contribution in [0.1, 0.15) is 30.1 Å². The van der Waals surface area contributed by atoms with Gasteiger partial charge in [0.1, 0.15) is 22.7 Å². The number of aromatic nitrogens is 1. The standard InChI is InChI=1S/C13H17N3O4S/c1-9-13(6-12(20-9)8-14-10-2-3-10)21(17,18)15-7-11-4-5-19-16-11/h4-6,10,14-15H,2-3,7-8H2,1H3. The van der Waals surface area contributed by atoms with E-state index in [0.717, 1.165) is 0 Å². The molecule has 2 N–H and O–H groups in total. The van der Waals surface area contributed by atoms with E-state index in [0.29, 0.717) is 29.8 Å². The Morgan fingerprint density at radius 1 is 1.38 bits per heavy atom. The van der Waals surface area contributed by atoms with Crippen LogP contribution in [0.2, 0.25) is 0 Å². The average Bonchev–Trinajstić information content (AvgIpc) is 2.97. The van der Waals surface area contributed by atoms with Crippen molar-refractivity contribution in [1.29, 1.82) is 0 Å². The Bertz CT molecular complexity index is 702. The predicted molar refractivity (Wildman–Crippen MR) is 73.8 cm³/mol. The first-order valence-electron chi connectivity index (χ1n) is 6.76. The maximum atomic E-state index is 12.3. The van der Waals surface area contributed by atoms with Crippen LogP contribution in [0.5, 0.6) is 0 Å². The summed E-state index contributed by atoms with van der Waals surface area (Å²) in [6.45, 7) is 2.27. The molecule has 2 aromatic heterocycles. The van der Waals surface area contributed by atoms with Gasteiger partial charge in [-0.15, -0.1) is 0 Å². The van der Waals surface area contributed by atoms with Gasteiger partial charge in [0.05, 0.1) is 18.8 Å². The minimum absolute atomic E-state index is 0.0825. The summed E-state index contributed by atoms with van der Waals surface area (Å²) < 4.78 is 37.2. The van der Waals surface area contributed by atoms with Crippen LogP contribution in [0.25, 0.3) is 0 Å². The highest BCUT2D eigenvalue weighted by Crippen LogP contribution is 2.23. The molecule has 0 atom stereocenters. The predicted octanol–water partition coefficient (Wildman–Crippen LogP) is 1.31. The van der Waals surface area contributed by atoms with Gasteiger partial charge in [0.2, 0.25) is 10.0 Å².